The Balaban J connectivity index is 1.82. The fraction of sp³-hybridized carbons (Fsp3) is 0.588. The van der Waals surface area contributed by atoms with Crippen molar-refractivity contribution in [2.24, 2.45) is 0 Å². The Morgan fingerprint density at radius 2 is 2.17 bits per heavy atom. The molecule has 2 atom stereocenters. The molecule has 1 heterocycles. The fourth-order valence-electron chi connectivity index (χ4n) is 3.35. The van der Waals surface area contributed by atoms with Gasteiger partial charge in [-0.15, -0.1) is 0 Å². The van der Waals surface area contributed by atoms with Crippen molar-refractivity contribution in [3.05, 3.63) is 23.9 Å². The van der Waals surface area contributed by atoms with Gasteiger partial charge in [0, 0.05) is 11.4 Å². The predicted octanol–water partition coefficient (Wildman–Crippen LogP) is 4.27. The Kier molecular flexibility index (Phi) is 4.99. The molecule has 132 valence electrons. The first-order chi connectivity index (χ1) is 11.5. The number of nitrogens with zero attached hydrogens (tertiary/aromatic N) is 1. The monoisotopic (exact) mass is 341 g/mol. The lowest BCUT2D eigenvalue weighted by atomic mass is 9.92. The van der Waals surface area contributed by atoms with Gasteiger partial charge in [0.1, 0.15) is 17.4 Å². The molecule has 0 spiro atoms. The number of ether oxygens (including phenoxy) is 1. The Labute approximate surface area is 138 Å². The van der Waals surface area contributed by atoms with Crippen LogP contribution >= 0.6 is 0 Å². The summed E-state index contributed by atoms with van der Waals surface area (Å²) in [6.07, 6.45) is 1.10. The van der Waals surface area contributed by atoms with Crippen molar-refractivity contribution in [2.75, 3.05) is 6.54 Å². The Morgan fingerprint density at radius 1 is 1.33 bits per heavy atom. The van der Waals surface area contributed by atoms with E-state index in [9.17, 15) is 13.2 Å². The second-order valence-corrected chi connectivity index (χ2v) is 6.33. The molecule has 3 rings (SSSR count). The number of hydrogen-bond donors (Lipinski definition) is 2. The third kappa shape index (κ3) is 3.66. The van der Waals surface area contributed by atoms with E-state index in [1.54, 1.807) is 6.07 Å². The Morgan fingerprint density at radius 3 is 2.92 bits per heavy atom. The van der Waals surface area contributed by atoms with Crippen molar-refractivity contribution in [3.8, 4) is 5.75 Å². The van der Waals surface area contributed by atoms with E-state index in [0.29, 0.717) is 11.6 Å². The molecular weight excluding hydrogens is 319 g/mol. The first-order valence-corrected chi connectivity index (χ1v) is 8.42. The lowest BCUT2D eigenvalue weighted by Crippen LogP contribution is -2.38. The summed E-state index contributed by atoms with van der Waals surface area (Å²) in [4.78, 5) is 0. The van der Waals surface area contributed by atoms with E-state index in [1.165, 1.54) is 12.3 Å². The van der Waals surface area contributed by atoms with Gasteiger partial charge in [-0.1, -0.05) is 6.92 Å². The van der Waals surface area contributed by atoms with Crippen LogP contribution in [-0.4, -0.2) is 28.9 Å². The highest BCUT2D eigenvalue weighted by molar-refractivity contribution is 5.84. The van der Waals surface area contributed by atoms with Gasteiger partial charge in [0.25, 0.3) is 0 Å². The summed E-state index contributed by atoms with van der Waals surface area (Å²) in [5, 5.41) is 9.79. The lowest BCUT2D eigenvalue weighted by Gasteiger charge is -2.31. The molecule has 7 heteroatoms. The number of halogens is 3. The van der Waals surface area contributed by atoms with Gasteiger partial charge in [-0.3, -0.25) is 5.10 Å². The average molecular weight is 341 g/mol. The number of hydrogen-bond acceptors (Lipinski definition) is 3. The topological polar surface area (TPSA) is 49.9 Å². The van der Waals surface area contributed by atoms with E-state index in [4.69, 9.17) is 4.74 Å². The summed E-state index contributed by atoms with van der Waals surface area (Å²) in [5.41, 5.74) is -0.377. The van der Waals surface area contributed by atoms with Crippen molar-refractivity contribution >= 4 is 10.9 Å². The smallest absolute Gasteiger partial charge is 0.420 e. The molecule has 2 aromatic rings. The van der Waals surface area contributed by atoms with Crippen molar-refractivity contribution in [1.82, 2.24) is 15.5 Å². The zero-order valence-electron chi connectivity index (χ0n) is 13.6. The number of aromatic amines is 1. The minimum absolute atomic E-state index is 0.0523. The third-order valence-corrected chi connectivity index (χ3v) is 4.47. The number of nitrogens with one attached hydrogen (secondary N) is 2. The van der Waals surface area contributed by atoms with Gasteiger partial charge in [-0.25, -0.2) is 0 Å². The van der Waals surface area contributed by atoms with Crippen LogP contribution in [0.2, 0.25) is 0 Å². The highest BCUT2D eigenvalue weighted by Crippen LogP contribution is 2.41. The number of aromatic nitrogens is 2. The lowest BCUT2D eigenvalue weighted by molar-refractivity contribution is -0.138. The molecule has 1 fully saturated rings. The highest BCUT2D eigenvalue weighted by atomic mass is 19.4. The SMILES string of the molecule is CCCN[C@@H]1CCC[C@H](Oc2ccc3[nH]ncc3c2C(F)(F)F)C1. The van der Waals surface area contributed by atoms with E-state index >= 15 is 0 Å². The zero-order chi connectivity index (χ0) is 17.2. The molecule has 0 saturated heterocycles. The Bertz CT molecular complexity index is 683. The van der Waals surface area contributed by atoms with Crippen molar-refractivity contribution < 1.29 is 17.9 Å². The maximum absolute atomic E-state index is 13.5. The molecule has 0 unspecified atom stereocenters. The van der Waals surface area contributed by atoms with Crippen LogP contribution in [0.4, 0.5) is 13.2 Å². The van der Waals surface area contributed by atoms with E-state index in [2.05, 4.69) is 22.4 Å². The predicted molar refractivity (Wildman–Crippen MR) is 86.1 cm³/mol. The number of alkyl halides is 3. The average Bonchev–Trinajstić information content (AvgIpc) is 3.00. The molecule has 2 N–H and O–H groups in total. The summed E-state index contributed by atoms with van der Waals surface area (Å²) in [5.74, 6) is -0.0995. The number of rotatable bonds is 5. The van der Waals surface area contributed by atoms with E-state index in [-0.39, 0.29) is 17.2 Å². The molecule has 1 aromatic carbocycles. The largest absolute Gasteiger partial charge is 0.490 e. The van der Waals surface area contributed by atoms with Crippen LogP contribution in [0, 0.1) is 0 Å². The molecule has 0 amide bonds. The van der Waals surface area contributed by atoms with E-state index in [1.807, 2.05) is 0 Å². The van der Waals surface area contributed by atoms with Gasteiger partial charge in [0.05, 0.1) is 11.7 Å². The number of benzene rings is 1. The van der Waals surface area contributed by atoms with Gasteiger partial charge in [-0.05, 0) is 50.8 Å². The molecule has 0 radical (unpaired) electrons. The summed E-state index contributed by atoms with van der Waals surface area (Å²) < 4.78 is 46.4. The minimum Gasteiger partial charge on any atom is -0.490 e. The maximum atomic E-state index is 13.5. The van der Waals surface area contributed by atoms with Crippen molar-refractivity contribution in [2.45, 2.75) is 57.3 Å². The number of fused-ring (bicyclic) bond motifs is 1. The highest BCUT2D eigenvalue weighted by Gasteiger charge is 2.38. The normalized spacial score (nSPS) is 22.0. The van der Waals surface area contributed by atoms with Crippen molar-refractivity contribution in [3.63, 3.8) is 0 Å². The summed E-state index contributed by atoms with van der Waals surface area (Å²) in [6, 6.07) is 3.30. The van der Waals surface area contributed by atoms with E-state index in [0.717, 1.165) is 38.6 Å². The number of H-pyrrole nitrogens is 1. The van der Waals surface area contributed by atoms with Gasteiger partial charge >= 0.3 is 6.18 Å². The van der Waals surface area contributed by atoms with Crippen LogP contribution in [0.15, 0.2) is 18.3 Å². The maximum Gasteiger partial charge on any atom is 0.420 e. The molecule has 0 aliphatic heterocycles. The van der Waals surface area contributed by atoms with Crippen LogP contribution in [0.1, 0.15) is 44.6 Å². The molecule has 24 heavy (non-hydrogen) atoms. The minimum atomic E-state index is -4.48. The van der Waals surface area contributed by atoms with Gasteiger partial charge in [0.2, 0.25) is 0 Å². The fourth-order valence-corrected chi connectivity index (χ4v) is 3.35. The van der Waals surface area contributed by atoms with Crippen LogP contribution in [0.25, 0.3) is 10.9 Å². The van der Waals surface area contributed by atoms with Gasteiger partial charge in [-0.2, -0.15) is 18.3 Å². The first-order valence-electron chi connectivity index (χ1n) is 8.42. The molecule has 1 aromatic heterocycles. The molecule has 0 bridgehead atoms. The van der Waals surface area contributed by atoms with Gasteiger partial charge in [0.15, 0.2) is 0 Å². The van der Waals surface area contributed by atoms with Crippen LogP contribution in [0.5, 0.6) is 5.75 Å². The molecular formula is C17H22F3N3O. The second-order valence-electron chi connectivity index (χ2n) is 6.33. The standard InChI is InChI=1S/C17H22F3N3O/c1-2-8-21-11-4-3-5-12(9-11)24-15-7-6-14-13(10-22-23-14)16(15)17(18,19)20/h6-7,10-12,21H,2-5,8-9H2,1H3,(H,22,23)/t11-,12+/m1/s1. The molecule has 1 saturated carbocycles. The Hall–Kier alpha value is -1.76. The summed E-state index contributed by atoms with van der Waals surface area (Å²) in [6.45, 7) is 3.02. The summed E-state index contributed by atoms with van der Waals surface area (Å²) >= 11 is 0. The van der Waals surface area contributed by atoms with Crippen LogP contribution in [0.3, 0.4) is 0 Å². The molecule has 1 aliphatic rings. The van der Waals surface area contributed by atoms with Crippen molar-refractivity contribution in [1.29, 1.82) is 0 Å². The molecule has 1 aliphatic carbocycles. The zero-order valence-corrected chi connectivity index (χ0v) is 13.6. The second kappa shape index (κ2) is 7.01. The summed E-state index contributed by atoms with van der Waals surface area (Å²) in [7, 11) is 0. The van der Waals surface area contributed by atoms with Gasteiger partial charge < -0.3 is 10.1 Å². The van der Waals surface area contributed by atoms with Crippen LogP contribution in [-0.2, 0) is 6.18 Å². The van der Waals surface area contributed by atoms with Crippen LogP contribution < -0.4 is 10.1 Å². The quantitative estimate of drug-likeness (QED) is 0.854. The first kappa shape index (κ1) is 17.1. The molecule has 4 nitrogen and oxygen atoms in total. The third-order valence-electron chi connectivity index (χ3n) is 4.47. The van der Waals surface area contributed by atoms with E-state index < -0.39 is 11.7 Å².